The van der Waals surface area contributed by atoms with Gasteiger partial charge in [-0.25, -0.2) is 4.79 Å². The fourth-order valence-electron chi connectivity index (χ4n) is 2.57. The zero-order chi connectivity index (χ0) is 15.7. The normalized spacial score (nSPS) is 18.2. The maximum Gasteiger partial charge on any atom is 0.332 e. The molecule has 3 rings (SSSR count). The van der Waals surface area contributed by atoms with Crippen LogP contribution in [0.1, 0.15) is 12.5 Å². The van der Waals surface area contributed by atoms with E-state index >= 15 is 0 Å². The van der Waals surface area contributed by atoms with Gasteiger partial charge < -0.3 is 0 Å². The topological polar surface area (TPSA) is 40.6 Å². The number of benzene rings is 2. The van der Waals surface area contributed by atoms with Crippen LogP contribution >= 0.6 is 11.6 Å². The number of amides is 3. The van der Waals surface area contributed by atoms with E-state index in [1.807, 2.05) is 30.3 Å². The number of rotatable bonds is 3. The minimum Gasteiger partial charge on any atom is -0.282 e. The minimum atomic E-state index is -0.516. The van der Waals surface area contributed by atoms with Crippen molar-refractivity contribution in [3.8, 4) is 0 Å². The minimum absolute atomic E-state index is 0.191. The summed E-state index contributed by atoms with van der Waals surface area (Å²) < 4.78 is 0. The summed E-state index contributed by atoms with van der Waals surface area (Å²) in [4.78, 5) is 27.8. The van der Waals surface area contributed by atoms with E-state index in [0.717, 1.165) is 5.56 Å². The summed E-state index contributed by atoms with van der Waals surface area (Å²) >= 11 is 5.87. The second kappa shape index (κ2) is 5.81. The van der Waals surface area contributed by atoms with Crippen molar-refractivity contribution >= 4 is 29.2 Å². The third kappa shape index (κ3) is 2.57. The number of halogens is 1. The first-order valence-electron chi connectivity index (χ1n) is 7.02. The van der Waals surface area contributed by atoms with Crippen molar-refractivity contribution in [1.29, 1.82) is 0 Å². The zero-order valence-electron chi connectivity index (χ0n) is 12.1. The van der Waals surface area contributed by atoms with Crippen LogP contribution in [0.4, 0.5) is 10.5 Å². The van der Waals surface area contributed by atoms with E-state index < -0.39 is 6.04 Å². The Hall–Kier alpha value is -2.33. The summed E-state index contributed by atoms with van der Waals surface area (Å²) in [5.41, 5.74) is 1.60. The maximum absolute atomic E-state index is 12.6. The summed E-state index contributed by atoms with van der Waals surface area (Å²) in [6.07, 6.45) is 0. The molecule has 1 aliphatic heterocycles. The lowest BCUT2D eigenvalue weighted by atomic mass is 10.2. The number of nitrogens with zero attached hydrogens (tertiary/aromatic N) is 2. The highest BCUT2D eigenvalue weighted by Crippen LogP contribution is 2.27. The van der Waals surface area contributed by atoms with E-state index in [2.05, 4.69) is 0 Å². The fraction of sp³-hybridized carbons (Fsp3) is 0.176. The summed E-state index contributed by atoms with van der Waals surface area (Å²) in [7, 11) is 0. The van der Waals surface area contributed by atoms with Gasteiger partial charge in [-0.3, -0.25) is 14.6 Å². The summed E-state index contributed by atoms with van der Waals surface area (Å²) in [5.74, 6) is -0.191. The largest absolute Gasteiger partial charge is 0.332 e. The van der Waals surface area contributed by atoms with E-state index in [9.17, 15) is 9.59 Å². The van der Waals surface area contributed by atoms with E-state index in [0.29, 0.717) is 10.7 Å². The van der Waals surface area contributed by atoms with Crippen molar-refractivity contribution in [1.82, 2.24) is 4.90 Å². The van der Waals surface area contributed by atoms with Gasteiger partial charge in [0.1, 0.15) is 6.04 Å². The molecule has 0 saturated carbocycles. The molecular formula is C17H15ClN2O2. The molecule has 1 saturated heterocycles. The molecule has 5 heteroatoms. The molecule has 1 aliphatic rings. The van der Waals surface area contributed by atoms with Gasteiger partial charge in [-0.15, -0.1) is 0 Å². The Morgan fingerprint density at radius 1 is 1.00 bits per heavy atom. The van der Waals surface area contributed by atoms with Crippen molar-refractivity contribution in [2.75, 3.05) is 4.90 Å². The average Bonchev–Trinajstić information content (AvgIpc) is 2.73. The number of carbonyl (C=O) groups excluding carboxylic acids is 2. The second-order valence-electron chi connectivity index (χ2n) is 5.21. The molecule has 2 aromatic carbocycles. The summed E-state index contributed by atoms with van der Waals surface area (Å²) in [6, 6.07) is 15.6. The Morgan fingerprint density at radius 3 is 2.27 bits per heavy atom. The van der Waals surface area contributed by atoms with Gasteiger partial charge in [0.05, 0.1) is 6.54 Å². The van der Waals surface area contributed by atoms with Gasteiger partial charge in [0.15, 0.2) is 0 Å². The van der Waals surface area contributed by atoms with Crippen LogP contribution in [0.5, 0.6) is 0 Å². The Morgan fingerprint density at radius 2 is 1.64 bits per heavy atom. The van der Waals surface area contributed by atoms with E-state index in [1.165, 1.54) is 9.80 Å². The molecule has 0 aromatic heterocycles. The standard InChI is InChI=1S/C17H15ClN2O2/c1-12-16(21)19(11-13-5-3-2-4-6-13)17(22)20(12)15-9-7-14(18)8-10-15/h2-10,12H,11H2,1H3. The van der Waals surface area contributed by atoms with Crippen LogP contribution in [-0.2, 0) is 11.3 Å². The number of hydrogen-bond donors (Lipinski definition) is 0. The Balaban J connectivity index is 1.87. The van der Waals surface area contributed by atoms with Crippen molar-refractivity contribution in [3.63, 3.8) is 0 Å². The van der Waals surface area contributed by atoms with Crippen LogP contribution in [0.3, 0.4) is 0 Å². The van der Waals surface area contributed by atoms with Gasteiger partial charge in [0.2, 0.25) is 0 Å². The van der Waals surface area contributed by atoms with Crippen molar-refractivity contribution < 1.29 is 9.59 Å². The van der Waals surface area contributed by atoms with Crippen LogP contribution in [0, 0.1) is 0 Å². The summed E-state index contributed by atoms with van der Waals surface area (Å²) in [5, 5.41) is 0.593. The average molecular weight is 315 g/mol. The Kier molecular flexibility index (Phi) is 3.86. The first-order valence-corrected chi connectivity index (χ1v) is 7.40. The predicted molar refractivity (Wildman–Crippen MR) is 85.8 cm³/mol. The Labute approximate surface area is 133 Å². The lowest BCUT2D eigenvalue weighted by Crippen LogP contribution is -2.33. The molecule has 0 spiro atoms. The molecule has 1 unspecified atom stereocenters. The Bertz CT molecular complexity index is 700. The van der Waals surface area contributed by atoms with Gasteiger partial charge in [-0.1, -0.05) is 41.9 Å². The maximum atomic E-state index is 12.6. The summed E-state index contributed by atoms with van der Waals surface area (Å²) in [6.45, 7) is 2.02. The van der Waals surface area contributed by atoms with E-state index in [4.69, 9.17) is 11.6 Å². The molecule has 4 nitrogen and oxygen atoms in total. The van der Waals surface area contributed by atoms with Crippen LogP contribution in [0.15, 0.2) is 54.6 Å². The predicted octanol–water partition coefficient (Wildman–Crippen LogP) is 3.70. The molecule has 2 aromatic rings. The second-order valence-corrected chi connectivity index (χ2v) is 5.65. The quantitative estimate of drug-likeness (QED) is 0.811. The molecule has 112 valence electrons. The number of imide groups is 1. The molecule has 22 heavy (non-hydrogen) atoms. The molecule has 1 atom stereocenters. The zero-order valence-corrected chi connectivity index (χ0v) is 12.8. The first-order chi connectivity index (χ1) is 10.6. The third-order valence-corrected chi connectivity index (χ3v) is 3.99. The molecule has 1 fully saturated rings. The molecule has 0 aliphatic carbocycles. The van der Waals surface area contributed by atoms with Gasteiger partial charge in [-0.05, 0) is 36.8 Å². The number of hydrogen-bond acceptors (Lipinski definition) is 2. The third-order valence-electron chi connectivity index (χ3n) is 3.74. The number of carbonyl (C=O) groups is 2. The fourth-order valence-corrected chi connectivity index (χ4v) is 2.70. The SMILES string of the molecule is CC1C(=O)N(Cc2ccccc2)C(=O)N1c1ccc(Cl)cc1. The van der Waals surface area contributed by atoms with Crippen molar-refractivity contribution in [3.05, 3.63) is 65.2 Å². The molecule has 0 radical (unpaired) electrons. The highest BCUT2D eigenvalue weighted by molar-refractivity contribution is 6.30. The van der Waals surface area contributed by atoms with Gasteiger partial charge in [0, 0.05) is 10.7 Å². The van der Waals surface area contributed by atoms with Crippen LogP contribution in [0.25, 0.3) is 0 Å². The van der Waals surface area contributed by atoms with Crippen LogP contribution in [0.2, 0.25) is 5.02 Å². The van der Waals surface area contributed by atoms with Crippen molar-refractivity contribution in [2.45, 2.75) is 19.5 Å². The van der Waals surface area contributed by atoms with Crippen LogP contribution < -0.4 is 4.90 Å². The van der Waals surface area contributed by atoms with E-state index in [1.54, 1.807) is 31.2 Å². The molecule has 0 N–H and O–H groups in total. The monoisotopic (exact) mass is 314 g/mol. The molecule has 0 bridgehead atoms. The molecule has 1 heterocycles. The highest BCUT2D eigenvalue weighted by atomic mass is 35.5. The molecular weight excluding hydrogens is 300 g/mol. The first kappa shape index (κ1) is 14.6. The lowest BCUT2D eigenvalue weighted by Gasteiger charge is -2.19. The molecule has 3 amide bonds. The highest BCUT2D eigenvalue weighted by Gasteiger charge is 2.43. The van der Waals surface area contributed by atoms with Gasteiger partial charge >= 0.3 is 6.03 Å². The number of urea groups is 1. The van der Waals surface area contributed by atoms with Gasteiger partial charge in [-0.2, -0.15) is 0 Å². The van der Waals surface area contributed by atoms with Crippen LogP contribution in [-0.4, -0.2) is 22.9 Å². The smallest absolute Gasteiger partial charge is 0.282 e. The lowest BCUT2D eigenvalue weighted by molar-refractivity contribution is -0.127. The van der Waals surface area contributed by atoms with Gasteiger partial charge in [0.25, 0.3) is 5.91 Å². The van der Waals surface area contributed by atoms with Crippen molar-refractivity contribution in [2.24, 2.45) is 0 Å². The van der Waals surface area contributed by atoms with E-state index in [-0.39, 0.29) is 18.5 Å². The number of anilines is 1.